The normalized spacial score (nSPS) is 10.0. The molecule has 0 atom stereocenters. The minimum absolute atomic E-state index is 0.0244. The van der Waals surface area contributed by atoms with Gasteiger partial charge in [0.1, 0.15) is 0 Å². The van der Waals surface area contributed by atoms with Gasteiger partial charge in [-0.1, -0.05) is 30.3 Å². The maximum Gasteiger partial charge on any atom is 0.250 e. The van der Waals surface area contributed by atoms with Crippen LogP contribution in [-0.2, 0) is 0 Å². The molecule has 0 N–H and O–H groups in total. The topological polar surface area (TPSA) is 22.1 Å². The fourth-order valence-electron chi connectivity index (χ4n) is 1.34. The summed E-state index contributed by atoms with van der Waals surface area (Å²) in [5, 5.41) is 0. The Bertz CT molecular complexity index is 456. The maximum absolute atomic E-state index is 13.1. The predicted molar refractivity (Wildman–Crippen MR) is 56.2 cm³/mol. The van der Waals surface area contributed by atoms with Gasteiger partial charge in [-0.25, -0.2) is 9.37 Å². The Balaban J connectivity index is 2.46. The van der Waals surface area contributed by atoms with Crippen LogP contribution in [0, 0.1) is 5.82 Å². The van der Waals surface area contributed by atoms with Crippen molar-refractivity contribution in [2.24, 2.45) is 0 Å². The Morgan fingerprint density at radius 2 is 1.80 bits per heavy atom. The van der Waals surface area contributed by atoms with Gasteiger partial charge in [0.2, 0.25) is 0 Å². The highest BCUT2D eigenvalue weighted by atomic mass is 19.1. The first-order valence-corrected chi connectivity index (χ1v) is 4.57. The van der Waals surface area contributed by atoms with Crippen molar-refractivity contribution in [3.05, 3.63) is 48.3 Å². The van der Waals surface area contributed by atoms with E-state index in [-0.39, 0.29) is 5.88 Å². The lowest BCUT2D eigenvalue weighted by Gasteiger charge is -2.04. The SMILES string of the molecule is COc1nc(-c2ccccc2)ccc1F. The summed E-state index contributed by atoms with van der Waals surface area (Å²) in [6.45, 7) is 0. The minimum Gasteiger partial charge on any atom is -0.479 e. The molecule has 0 aliphatic carbocycles. The van der Waals surface area contributed by atoms with Crippen molar-refractivity contribution in [3.8, 4) is 17.1 Å². The summed E-state index contributed by atoms with van der Waals surface area (Å²) >= 11 is 0. The van der Waals surface area contributed by atoms with E-state index in [1.54, 1.807) is 6.07 Å². The molecule has 0 bridgehead atoms. The maximum atomic E-state index is 13.1. The van der Waals surface area contributed by atoms with Gasteiger partial charge in [-0.2, -0.15) is 0 Å². The fraction of sp³-hybridized carbons (Fsp3) is 0.0833. The molecule has 2 aromatic rings. The fourth-order valence-corrected chi connectivity index (χ4v) is 1.34. The smallest absolute Gasteiger partial charge is 0.250 e. The standard InChI is InChI=1S/C12H10FNO/c1-15-12-10(13)7-8-11(14-12)9-5-3-2-4-6-9/h2-8H,1H3. The molecule has 0 aliphatic rings. The Morgan fingerprint density at radius 1 is 1.07 bits per heavy atom. The second-order valence-corrected chi connectivity index (χ2v) is 3.05. The van der Waals surface area contributed by atoms with Gasteiger partial charge >= 0.3 is 0 Å². The van der Waals surface area contributed by atoms with Crippen LogP contribution in [0.2, 0.25) is 0 Å². The molecule has 1 aromatic carbocycles. The van der Waals surface area contributed by atoms with E-state index >= 15 is 0 Å². The van der Waals surface area contributed by atoms with Gasteiger partial charge in [0.25, 0.3) is 5.88 Å². The molecule has 0 unspecified atom stereocenters. The second kappa shape index (κ2) is 4.09. The summed E-state index contributed by atoms with van der Waals surface area (Å²) < 4.78 is 17.9. The Kier molecular flexibility index (Phi) is 2.63. The highest BCUT2D eigenvalue weighted by Gasteiger charge is 2.06. The number of halogens is 1. The van der Waals surface area contributed by atoms with Crippen LogP contribution in [0.3, 0.4) is 0 Å². The molecule has 1 heterocycles. The van der Waals surface area contributed by atoms with Gasteiger partial charge in [-0.15, -0.1) is 0 Å². The van der Waals surface area contributed by atoms with Crippen molar-refractivity contribution >= 4 is 0 Å². The Labute approximate surface area is 87.4 Å². The summed E-state index contributed by atoms with van der Waals surface area (Å²) in [7, 11) is 1.40. The largest absolute Gasteiger partial charge is 0.479 e. The molecule has 0 amide bonds. The van der Waals surface area contributed by atoms with Crippen LogP contribution in [-0.4, -0.2) is 12.1 Å². The third-order valence-electron chi connectivity index (χ3n) is 2.08. The quantitative estimate of drug-likeness (QED) is 0.748. The van der Waals surface area contributed by atoms with Crippen LogP contribution < -0.4 is 4.74 Å². The number of pyridine rings is 1. The van der Waals surface area contributed by atoms with Gasteiger partial charge in [-0.3, -0.25) is 0 Å². The second-order valence-electron chi connectivity index (χ2n) is 3.05. The number of nitrogens with zero attached hydrogens (tertiary/aromatic N) is 1. The highest BCUT2D eigenvalue weighted by Crippen LogP contribution is 2.21. The summed E-state index contributed by atoms with van der Waals surface area (Å²) in [6, 6.07) is 12.6. The zero-order chi connectivity index (χ0) is 10.7. The van der Waals surface area contributed by atoms with E-state index in [4.69, 9.17) is 4.74 Å². The molecule has 0 aliphatic heterocycles. The van der Waals surface area contributed by atoms with E-state index in [1.165, 1.54) is 13.2 Å². The summed E-state index contributed by atoms with van der Waals surface area (Å²) in [5.41, 5.74) is 1.64. The van der Waals surface area contributed by atoms with Crippen LogP contribution in [0.15, 0.2) is 42.5 Å². The average Bonchev–Trinajstić information content (AvgIpc) is 2.31. The molecular formula is C12H10FNO. The number of rotatable bonds is 2. The molecule has 0 fully saturated rings. The number of benzene rings is 1. The van der Waals surface area contributed by atoms with Crippen molar-refractivity contribution in [1.29, 1.82) is 0 Å². The molecule has 1 aromatic heterocycles. The number of ether oxygens (including phenoxy) is 1. The van der Waals surface area contributed by atoms with Crippen molar-refractivity contribution in [3.63, 3.8) is 0 Å². The zero-order valence-corrected chi connectivity index (χ0v) is 8.27. The molecule has 2 rings (SSSR count). The monoisotopic (exact) mass is 203 g/mol. The van der Waals surface area contributed by atoms with Crippen molar-refractivity contribution in [2.75, 3.05) is 7.11 Å². The Hall–Kier alpha value is -1.90. The first-order valence-electron chi connectivity index (χ1n) is 4.57. The summed E-state index contributed by atoms with van der Waals surface area (Å²) in [5.74, 6) is -0.423. The molecule has 2 nitrogen and oxygen atoms in total. The van der Waals surface area contributed by atoms with E-state index < -0.39 is 5.82 Å². The number of methoxy groups -OCH3 is 1. The molecule has 3 heteroatoms. The lowest BCUT2D eigenvalue weighted by Crippen LogP contribution is -1.93. The van der Waals surface area contributed by atoms with Crippen LogP contribution in [0.4, 0.5) is 4.39 Å². The van der Waals surface area contributed by atoms with Gasteiger partial charge in [0.15, 0.2) is 5.82 Å². The number of aromatic nitrogens is 1. The number of hydrogen-bond acceptors (Lipinski definition) is 2. The summed E-state index contributed by atoms with van der Waals surface area (Å²) in [6.07, 6.45) is 0. The minimum atomic E-state index is -0.447. The van der Waals surface area contributed by atoms with E-state index in [0.29, 0.717) is 5.69 Å². The molecule has 0 radical (unpaired) electrons. The Morgan fingerprint density at radius 3 is 2.47 bits per heavy atom. The molecule has 15 heavy (non-hydrogen) atoms. The van der Waals surface area contributed by atoms with Gasteiger partial charge in [0.05, 0.1) is 12.8 Å². The van der Waals surface area contributed by atoms with E-state index in [0.717, 1.165) is 5.56 Å². The molecule has 0 saturated heterocycles. The van der Waals surface area contributed by atoms with Crippen LogP contribution >= 0.6 is 0 Å². The van der Waals surface area contributed by atoms with Crippen LogP contribution in [0.5, 0.6) is 5.88 Å². The average molecular weight is 203 g/mol. The van der Waals surface area contributed by atoms with Gasteiger partial charge in [0, 0.05) is 5.56 Å². The van der Waals surface area contributed by atoms with Crippen LogP contribution in [0.1, 0.15) is 0 Å². The number of hydrogen-bond donors (Lipinski definition) is 0. The van der Waals surface area contributed by atoms with E-state index in [9.17, 15) is 4.39 Å². The lowest BCUT2D eigenvalue weighted by molar-refractivity contribution is 0.369. The van der Waals surface area contributed by atoms with Crippen molar-refractivity contribution in [2.45, 2.75) is 0 Å². The third kappa shape index (κ3) is 1.96. The van der Waals surface area contributed by atoms with E-state index in [2.05, 4.69) is 4.98 Å². The summed E-state index contributed by atoms with van der Waals surface area (Å²) in [4.78, 5) is 4.06. The van der Waals surface area contributed by atoms with Crippen molar-refractivity contribution in [1.82, 2.24) is 4.98 Å². The first kappa shape index (κ1) is 9.65. The van der Waals surface area contributed by atoms with Crippen molar-refractivity contribution < 1.29 is 9.13 Å². The molecule has 76 valence electrons. The lowest BCUT2D eigenvalue weighted by atomic mass is 10.1. The first-order chi connectivity index (χ1) is 7.31. The zero-order valence-electron chi connectivity index (χ0n) is 8.27. The van der Waals surface area contributed by atoms with E-state index in [1.807, 2.05) is 30.3 Å². The highest BCUT2D eigenvalue weighted by molar-refractivity contribution is 5.59. The van der Waals surface area contributed by atoms with Gasteiger partial charge < -0.3 is 4.74 Å². The molecule has 0 spiro atoms. The molecular weight excluding hydrogens is 193 g/mol. The van der Waals surface area contributed by atoms with Gasteiger partial charge in [-0.05, 0) is 12.1 Å². The van der Waals surface area contributed by atoms with Crippen LogP contribution in [0.25, 0.3) is 11.3 Å². The predicted octanol–water partition coefficient (Wildman–Crippen LogP) is 2.90. The third-order valence-corrected chi connectivity index (χ3v) is 2.08. The molecule has 0 saturated carbocycles.